The maximum Gasteiger partial charge on any atom is 0.330 e. The molecule has 190 valence electrons. The Balaban J connectivity index is 1.93. The van der Waals surface area contributed by atoms with E-state index >= 15 is 0 Å². The van der Waals surface area contributed by atoms with Gasteiger partial charge >= 0.3 is 11.9 Å². The Morgan fingerprint density at radius 3 is 1.47 bits per heavy atom. The van der Waals surface area contributed by atoms with Gasteiger partial charge in [-0.1, -0.05) is 12.2 Å². The van der Waals surface area contributed by atoms with Crippen LogP contribution in [0.25, 0.3) is 11.1 Å². The smallest absolute Gasteiger partial charge is 0.330 e. The van der Waals surface area contributed by atoms with Gasteiger partial charge in [-0.3, -0.25) is 0 Å². The van der Waals surface area contributed by atoms with E-state index in [0.717, 1.165) is 0 Å². The normalized spacial score (nSPS) is 13.3. The molecule has 10 heteroatoms. The predicted molar refractivity (Wildman–Crippen MR) is 126 cm³/mol. The van der Waals surface area contributed by atoms with E-state index in [1.807, 2.05) is 0 Å². The number of hydrogen-bond acceptors (Lipinski definition) is 10. The van der Waals surface area contributed by atoms with Gasteiger partial charge in [-0.25, -0.2) is 9.59 Å². The number of esters is 2. The van der Waals surface area contributed by atoms with Crippen molar-refractivity contribution < 1.29 is 47.5 Å². The molecule has 0 atom stereocenters. The highest BCUT2D eigenvalue weighted by Gasteiger charge is 2.34. The van der Waals surface area contributed by atoms with Crippen LogP contribution < -0.4 is 28.4 Å². The number of carbonyl (C=O) groups is 2. The molecule has 2 aromatic rings. The zero-order valence-electron chi connectivity index (χ0n) is 20.4. The minimum absolute atomic E-state index is 0.0399. The summed E-state index contributed by atoms with van der Waals surface area (Å²) in [6, 6.07) is 3.40. The van der Waals surface area contributed by atoms with Gasteiger partial charge in [0.25, 0.3) is 0 Å². The van der Waals surface area contributed by atoms with Crippen LogP contribution >= 0.6 is 0 Å². The summed E-state index contributed by atoms with van der Waals surface area (Å²) in [5, 5.41) is 0. The second-order valence-corrected chi connectivity index (χ2v) is 7.57. The molecule has 0 amide bonds. The lowest BCUT2D eigenvalue weighted by Crippen LogP contribution is -2.07. The Hall–Kier alpha value is -4.34. The van der Waals surface area contributed by atoms with Crippen LogP contribution in [0.15, 0.2) is 36.4 Å². The van der Waals surface area contributed by atoms with Crippen molar-refractivity contribution in [3.05, 3.63) is 47.6 Å². The number of fused-ring (bicyclic) bond motifs is 2. The van der Waals surface area contributed by atoms with Crippen LogP contribution in [-0.2, 0) is 32.3 Å². The Morgan fingerprint density at radius 1 is 0.722 bits per heavy atom. The molecule has 2 aromatic carbocycles. The first-order valence-electron chi connectivity index (χ1n) is 11.1. The molecule has 4 rings (SSSR count). The van der Waals surface area contributed by atoms with E-state index in [4.69, 9.17) is 37.9 Å². The Morgan fingerprint density at radius 2 is 1.11 bits per heavy atom. The van der Waals surface area contributed by atoms with Gasteiger partial charge in [0.2, 0.25) is 25.1 Å². The highest BCUT2D eigenvalue weighted by Crippen LogP contribution is 2.56. The Kier molecular flexibility index (Phi) is 7.53. The second kappa shape index (κ2) is 10.9. The van der Waals surface area contributed by atoms with Gasteiger partial charge in [-0.2, -0.15) is 0 Å². The van der Waals surface area contributed by atoms with E-state index < -0.39 is 11.9 Å². The van der Waals surface area contributed by atoms with Crippen molar-refractivity contribution in [3.8, 4) is 45.6 Å². The summed E-state index contributed by atoms with van der Waals surface area (Å²) < 4.78 is 45.0. The monoisotopic (exact) mass is 498 g/mol. The van der Waals surface area contributed by atoms with Gasteiger partial charge < -0.3 is 37.9 Å². The second-order valence-electron chi connectivity index (χ2n) is 7.57. The topological polar surface area (TPSA) is 108 Å². The SMILES string of the molecule is C/C=C/C(=O)OCc1cc(OC)c2c(c1-c1c(COC(=O)/C=C/C)cc(OC)c3c1OCO3)OCO2. The van der Waals surface area contributed by atoms with Crippen molar-refractivity contribution in [2.75, 3.05) is 27.8 Å². The predicted octanol–water partition coefficient (Wildman–Crippen LogP) is 4.07. The van der Waals surface area contributed by atoms with Crippen LogP contribution in [0.2, 0.25) is 0 Å². The van der Waals surface area contributed by atoms with Gasteiger partial charge in [0.15, 0.2) is 23.0 Å². The highest BCUT2D eigenvalue weighted by molar-refractivity contribution is 5.89. The third-order valence-corrected chi connectivity index (χ3v) is 5.42. The fraction of sp³-hybridized carbons (Fsp3) is 0.308. The van der Waals surface area contributed by atoms with Crippen molar-refractivity contribution in [2.45, 2.75) is 27.1 Å². The summed E-state index contributed by atoms with van der Waals surface area (Å²) in [4.78, 5) is 24.2. The largest absolute Gasteiger partial charge is 0.493 e. The molecule has 0 aliphatic carbocycles. The van der Waals surface area contributed by atoms with Crippen molar-refractivity contribution in [2.24, 2.45) is 0 Å². The summed E-state index contributed by atoms with van der Waals surface area (Å²) in [5.74, 6) is 1.30. The van der Waals surface area contributed by atoms with Crippen LogP contribution in [-0.4, -0.2) is 39.7 Å². The molecule has 0 spiro atoms. The van der Waals surface area contributed by atoms with E-state index in [9.17, 15) is 9.59 Å². The molecular weight excluding hydrogens is 472 g/mol. The number of methoxy groups -OCH3 is 2. The van der Waals surface area contributed by atoms with E-state index in [0.29, 0.717) is 56.8 Å². The van der Waals surface area contributed by atoms with Gasteiger partial charge in [0.05, 0.1) is 14.2 Å². The first-order valence-corrected chi connectivity index (χ1v) is 11.1. The van der Waals surface area contributed by atoms with E-state index in [2.05, 4.69) is 0 Å². The Labute approximate surface area is 207 Å². The van der Waals surface area contributed by atoms with Crippen molar-refractivity contribution in [1.29, 1.82) is 0 Å². The summed E-state index contributed by atoms with van der Waals surface area (Å²) in [5.41, 5.74) is 2.16. The lowest BCUT2D eigenvalue weighted by molar-refractivity contribution is -0.139. The van der Waals surface area contributed by atoms with Crippen LogP contribution in [0.4, 0.5) is 0 Å². The molecule has 36 heavy (non-hydrogen) atoms. The maximum absolute atomic E-state index is 12.1. The average Bonchev–Trinajstić information content (AvgIpc) is 3.56. The van der Waals surface area contributed by atoms with E-state index in [1.54, 1.807) is 38.1 Å². The molecule has 10 nitrogen and oxygen atoms in total. The number of ether oxygens (including phenoxy) is 8. The fourth-order valence-electron chi connectivity index (χ4n) is 3.92. The first-order chi connectivity index (χ1) is 17.5. The number of carbonyl (C=O) groups excluding carboxylic acids is 2. The van der Waals surface area contributed by atoms with Gasteiger partial charge in [0.1, 0.15) is 13.2 Å². The zero-order chi connectivity index (χ0) is 25.7. The van der Waals surface area contributed by atoms with Gasteiger partial charge in [-0.05, 0) is 26.0 Å². The van der Waals surface area contributed by atoms with E-state index in [-0.39, 0.29) is 26.8 Å². The molecular formula is C26H26O10. The number of rotatable bonds is 9. The van der Waals surface area contributed by atoms with Gasteiger partial charge in [0, 0.05) is 34.4 Å². The van der Waals surface area contributed by atoms with Crippen molar-refractivity contribution in [3.63, 3.8) is 0 Å². The molecule has 0 bridgehead atoms. The third kappa shape index (κ3) is 4.74. The summed E-state index contributed by atoms with van der Waals surface area (Å²) in [6.07, 6.45) is 5.81. The summed E-state index contributed by atoms with van der Waals surface area (Å²) in [7, 11) is 3.00. The van der Waals surface area contributed by atoms with Crippen LogP contribution in [0.5, 0.6) is 34.5 Å². The molecule has 0 saturated heterocycles. The number of allylic oxidation sites excluding steroid dienone is 2. The first kappa shape index (κ1) is 24.8. The quantitative estimate of drug-likeness (QED) is 0.371. The summed E-state index contributed by atoms with van der Waals surface area (Å²) in [6.45, 7) is 3.14. The third-order valence-electron chi connectivity index (χ3n) is 5.42. The molecule has 2 aliphatic rings. The van der Waals surface area contributed by atoms with Crippen LogP contribution in [0, 0.1) is 0 Å². The molecule has 2 heterocycles. The molecule has 2 aliphatic heterocycles. The maximum atomic E-state index is 12.1. The van der Waals surface area contributed by atoms with Gasteiger partial charge in [-0.15, -0.1) is 0 Å². The van der Waals surface area contributed by atoms with Crippen LogP contribution in [0.3, 0.4) is 0 Å². The van der Waals surface area contributed by atoms with Crippen molar-refractivity contribution in [1.82, 2.24) is 0 Å². The summed E-state index contributed by atoms with van der Waals surface area (Å²) >= 11 is 0. The number of benzene rings is 2. The minimum atomic E-state index is -0.514. The van der Waals surface area contributed by atoms with Crippen molar-refractivity contribution >= 4 is 11.9 Å². The molecule has 0 fully saturated rings. The standard InChI is InChI=1S/C26H26O10/c1-5-7-19(27)31-11-15-9-17(29-3)23-25(35-13-33-23)21(15)22-16(12-32-20(28)8-6-2)10-18(30-4)24-26(22)36-14-34-24/h5-10H,11-14H2,1-4H3/b7-5+,8-6+. The molecule has 0 radical (unpaired) electrons. The molecule has 0 aromatic heterocycles. The highest BCUT2D eigenvalue weighted by atomic mass is 16.7. The zero-order valence-corrected chi connectivity index (χ0v) is 20.4. The minimum Gasteiger partial charge on any atom is -0.493 e. The van der Waals surface area contributed by atoms with E-state index in [1.165, 1.54) is 26.4 Å². The molecule has 0 saturated carbocycles. The van der Waals surface area contributed by atoms with Crippen LogP contribution in [0.1, 0.15) is 25.0 Å². The fourth-order valence-corrected chi connectivity index (χ4v) is 3.92. The Bertz CT molecular complexity index is 1130. The number of hydrogen-bond donors (Lipinski definition) is 0. The lowest BCUT2D eigenvalue weighted by Gasteiger charge is -2.20. The molecule has 0 unspecified atom stereocenters. The lowest BCUT2D eigenvalue weighted by atomic mass is 9.92. The molecule has 0 N–H and O–H groups in total. The average molecular weight is 498 g/mol.